The second-order valence-corrected chi connectivity index (χ2v) is 5.68. The van der Waals surface area contributed by atoms with E-state index in [2.05, 4.69) is 16.8 Å². The summed E-state index contributed by atoms with van der Waals surface area (Å²) >= 11 is 0. The van der Waals surface area contributed by atoms with Gasteiger partial charge in [-0.1, -0.05) is 6.08 Å². The molecular weight excluding hydrogens is 242 g/mol. The molecule has 0 fully saturated rings. The average molecular weight is 259 g/mol. The number of hydrogen-bond donors (Lipinski definition) is 1. The Labute approximate surface area is 101 Å². The van der Waals surface area contributed by atoms with Crippen molar-refractivity contribution in [1.82, 2.24) is 10.2 Å². The van der Waals surface area contributed by atoms with Crippen LogP contribution in [0.2, 0.25) is 0 Å². The van der Waals surface area contributed by atoms with Crippen LogP contribution in [0.5, 0.6) is 0 Å². The normalized spacial score (nSPS) is 13.5. The summed E-state index contributed by atoms with van der Waals surface area (Å²) in [6.07, 6.45) is 3.56. The van der Waals surface area contributed by atoms with E-state index in [1.54, 1.807) is 13.0 Å². The van der Waals surface area contributed by atoms with Crippen LogP contribution in [-0.2, 0) is 16.4 Å². The zero-order valence-electron chi connectivity index (χ0n) is 9.80. The van der Waals surface area contributed by atoms with Crippen molar-refractivity contribution in [3.8, 4) is 0 Å². The van der Waals surface area contributed by atoms with Crippen LogP contribution in [-0.4, -0.2) is 23.9 Å². The maximum absolute atomic E-state index is 11.3. The van der Waals surface area contributed by atoms with E-state index in [0.29, 0.717) is 37.5 Å². The van der Waals surface area contributed by atoms with Gasteiger partial charge in [-0.05, 0) is 19.3 Å². The third-order valence-electron chi connectivity index (χ3n) is 2.41. The van der Waals surface area contributed by atoms with Crippen LogP contribution in [0.15, 0.2) is 17.1 Å². The quantitative estimate of drug-likeness (QED) is 0.734. The van der Waals surface area contributed by atoms with Crippen molar-refractivity contribution >= 4 is 10.0 Å². The number of rotatable bonds is 7. The Morgan fingerprint density at radius 3 is 2.65 bits per heavy atom. The molecule has 1 atom stereocenters. The van der Waals surface area contributed by atoms with Gasteiger partial charge in [-0.25, -0.2) is 13.6 Å². The van der Waals surface area contributed by atoms with E-state index in [0.717, 1.165) is 0 Å². The molecule has 0 aliphatic rings. The lowest BCUT2D eigenvalue weighted by atomic mass is 10.1. The van der Waals surface area contributed by atoms with Gasteiger partial charge in [-0.3, -0.25) is 0 Å². The number of aryl methyl sites for hydroxylation is 2. The molecule has 0 aliphatic heterocycles. The summed E-state index contributed by atoms with van der Waals surface area (Å²) in [5.74, 6) is 0.910. The lowest BCUT2D eigenvalue weighted by molar-refractivity contribution is 0.456. The van der Waals surface area contributed by atoms with Gasteiger partial charge in [0, 0.05) is 13.3 Å². The minimum Gasteiger partial charge on any atom is -0.426 e. The van der Waals surface area contributed by atoms with Crippen molar-refractivity contribution in [3.05, 3.63) is 24.4 Å². The molecule has 0 radical (unpaired) electrons. The molecule has 0 spiro atoms. The van der Waals surface area contributed by atoms with E-state index in [9.17, 15) is 8.42 Å². The van der Waals surface area contributed by atoms with Gasteiger partial charge in [-0.2, -0.15) is 0 Å². The number of allylic oxidation sites excluding steroid dienone is 1. The van der Waals surface area contributed by atoms with Gasteiger partial charge in [0.2, 0.25) is 21.8 Å². The first-order valence-electron chi connectivity index (χ1n) is 5.35. The minimum atomic E-state index is -3.54. The van der Waals surface area contributed by atoms with Crippen molar-refractivity contribution in [3.63, 3.8) is 0 Å². The van der Waals surface area contributed by atoms with E-state index >= 15 is 0 Å². The van der Waals surface area contributed by atoms with Crippen LogP contribution >= 0.6 is 0 Å². The summed E-state index contributed by atoms with van der Waals surface area (Å²) in [6.45, 7) is 5.25. The molecule has 2 N–H and O–H groups in total. The van der Waals surface area contributed by atoms with Gasteiger partial charge in [0.25, 0.3) is 0 Å². The molecule has 1 heterocycles. The molecule has 0 aromatic carbocycles. The number of hydrogen-bond acceptors (Lipinski definition) is 5. The predicted octanol–water partition coefficient (Wildman–Crippen LogP) is 0.934. The summed E-state index contributed by atoms with van der Waals surface area (Å²) in [5.41, 5.74) is 0. The molecule has 7 heteroatoms. The van der Waals surface area contributed by atoms with E-state index in [-0.39, 0.29) is 0 Å². The van der Waals surface area contributed by atoms with Gasteiger partial charge in [0.05, 0.1) is 5.25 Å². The Morgan fingerprint density at radius 2 is 2.18 bits per heavy atom. The van der Waals surface area contributed by atoms with Gasteiger partial charge in [-0.15, -0.1) is 16.8 Å². The first-order chi connectivity index (χ1) is 7.93. The molecular formula is C10H17N3O3S. The first-order valence-corrected chi connectivity index (χ1v) is 6.96. The maximum atomic E-state index is 11.3. The van der Waals surface area contributed by atoms with Crippen molar-refractivity contribution in [2.24, 2.45) is 5.14 Å². The Balaban J connectivity index is 2.58. The lowest BCUT2D eigenvalue weighted by Gasteiger charge is -2.12. The zero-order valence-corrected chi connectivity index (χ0v) is 10.6. The van der Waals surface area contributed by atoms with Gasteiger partial charge in [0.15, 0.2) is 0 Å². The van der Waals surface area contributed by atoms with Crippen molar-refractivity contribution in [2.75, 3.05) is 0 Å². The topological polar surface area (TPSA) is 99.1 Å². The summed E-state index contributed by atoms with van der Waals surface area (Å²) in [7, 11) is -3.54. The van der Waals surface area contributed by atoms with Crippen molar-refractivity contribution < 1.29 is 12.8 Å². The molecule has 1 aromatic heterocycles. The Bertz CT molecular complexity index is 467. The van der Waals surface area contributed by atoms with Crippen LogP contribution in [0.4, 0.5) is 0 Å². The van der Waals surface area contributed by atoms with Crippen LogP contribution in [0, 0.1) is 6.92 Å². The second kappa shape index (κ2) is 5.92. The summed E-state index contributed by atoms with van der Waals surface area (Å²) in [5, 5.41) is 12.1. The average Bonchev–Trinajstić information content (AvgIpc) is 2.62. The molecule has 1 rings (SSSR count). The molecule has 0 saturated heterocycles. The van der Waals surface area contributed by atoms with Gasteiger partial charge in [0.1, 0.15) is 0 Å². The van der Waals surface area contributed by atoms with E-state index in [4.69, 9.17) is 9.56 Å². The van der Waals surface area contributed by atoms with Crippen molar-refractivity contribution in [2.45, 2.75) is 37.9 Å². The molecule has 1 unspecified atom stereocenters. The predicted molar refractivity (Wildman–Crippen MR) is 63.7 cm³/mol. The second-order valence-electron chi connectivity index (χ2n) is 3.83. The third kappa shape index (κ3) is 4.66. The Hall–Kier alpha value is -1.21. The fraction of sp³-hybridized carbons (Fsp3) is 0.600. The monoisotopic (exact) mass is 259 g/mol. The number of aromatic nitrogens is 2. The molecule has 6 nitrogen and oxygen atoms in total. The van der Waals surface area contributed by atoms with E-state index in [1.165, 1.54) is 0 Å². The van der Waals surface area contributed by atoms with E-state index in [1.807, 2.05) is 0 Å². The highest BCUT2D eigenvalue weighted by atomic mass is 32.2. The molecule has 0 aliphatic carbocycles. The number of nitrogens with zero attached hydrogens (tertiary/aromatic N) is 2. The summed E-state index contributed by atoms with van der Waals surface area (Å²) < 4.78 is 27.9. The highest BCUT2D eigenvalue weighted by Gasteiger charge is 2.21. The maximum Gasteiger partial charge on any atom is 0.216 e. The van der Waals surface area contributed by atoms with Gasteiger partial charge >= 0.3 is 0 Å². The highest BCUT2D eigenvalue weighted by molar-refractivity contribution is 7.89. The largest absolute Gasteiger partial charge is 0.426 e. The fourth-order valence-electron chi connectivity index (χ4n) is 1.50. The smallest absolute Gasteiger partial charge is 0.216 e. The third-order valence-corrected chi connectivity index (χ3v) is 3.81. The van der Waals surface area contributed by atoms with Crippen molar-refractivity contribution in [1.29, 1.82) is 0 Å². The SMILES string of the molecule is C=CCCC(CCc1nnc(C)o1)S(N)(=O)=O. The van der Waals surface area contributed by atoms with Crippen LogP contribution < -0.4 is 5.14 Å². The Morgan fingerprint density at radius 1 is 1.47 bits per heavy atom. The van der Waals surface area contributed by atoms with Gasteiger partial charge < -0.3 is 4.42 Å². The van der Waals surface area contributed by atoms with E-state index < -0.39 is 15.3 Å². The fourth-order valence-corrected chi connectivity index (χ4v) is 2.41. The summed E-state index contributed by atoms with van der Waals surface area (Å²) in [6, 6.07) is 0. The number of nitrogens with two attached hydrogens (primary N) is 1. The molecule has 17 heavy (non-hydrogen) atoms. The molecule has 0 bridgehead atoms. The lowest BCUT2D eigenvalue weighted by Crippen LogP contribution is -2.29. The number of sulfonamides is 1. The molecule has 0 saturated carbocycles. The van der Waals surface area contributed by atoms with Crippen LogP contribution in [0.1, 0.15) is 31.0 Å². The van der Waals surface area contributed by atoms with Crippen LogP contribution in [0.3, 0.4) is 0 Å². The number of primary sulfonamides is 1. The molecule has 96 valence electrons. The molecule has 0 amide bonds. The molecule has 1 aromatic rings. The zero-order chi connectivity index (χ0) is 12.9. The standard InChI is InChI=1S/C10H17N3O3S/c1-3-4-5-9(17(11,14)15)6-7-10-13-12-8(2)16-10/h3,9H,1,4-7H2,2H3,(H2,11,14,15). The highest BCUT2D eigenvalue weighted by Crippen LogP contribution is 2.14. The summed E-state index contributed by atoms with van der Waals surface area (Å²) in [4.78, 5) is 0. The Kier molecular flexibility index (Phi) is 4.83. The van der Waals surface area contributed by atoms with Crippen LogP contribution in [0.25, 0.3) is 0 Å². The minimum absolute atomic E-state index is 0.383. The first kappa shape index (κ1) is 13.9.